The maximum absolute atomic E-state index is 13.8. The number of likely N-dealkylation sites (N-methyl/N-ethyl adjacent to an activating group) is 1. The molecule has 2 aromatic carbocycles. The number of hydrogen-bond acceptors (Lipinski definition) is 7. The Kier molecular flexibility index (Phi) is 8.61. The Balaban J connectivity index is 1.33. The Bertz CT molecular complexity index is 1620. The summed E-state index contributed by atoms with van der Waals surface area (Å²) in [6.45, 7) is 15.9. The van der Waals surface area contributed by atoms with Gasteiger partial charge in [-0.15, -0.1) is 0 Å². The van der Waals surface area contributed by atoms with E-state index in [4.69, 9.17) is 32.9 Å². The van der Waals surface area contributed by atoms with Gasteiger partial charge < -0.3 is 24.3 Å². The second-order valence-electron chi connectivity index (χ2n) is 12.0. The van der Waals surface area contributed by atoms with Gasteiger partial charge in [0.1, 0.15) is 18.0 Å². The number of benzene rings is 2. The standard InChI is InChI=1S/C33H37ClFN7O2/c1-21(18-39(4)24-11-12-24)44-33-37-28-20-40(29-10-6-8-23-7-5-9-27(34)30(23)29)14-13-26(28)31(38-33)41-15-16-42(32(43)22(2)35)25(19-41)17-36-3/h5-10,21,24-25H,2,11-20H2,1,4H3/t21-,25+/m1/s1. The van der Waals surface area contributed by atoms with E-state index in [9.17, 15) is 9.18 Å². The number of ether oxygens (including phenoxy) is 1. The minimum atomic E-state index is -1.01. The van der Waals surface area contributed by atoms with Crippen LogP contribution in [0.25, 0.3) is 15.6 Å². The molecule has 1 amide bonds. The van der Waals surface area contributed by atoms with Crippen molar-refractivity contribution in [1.29, 1.82) is 0 Å². The molecule has 44 heavy (non-hydrogen) atoms. The lowest BCUT2D eigenvalue weighted by Crippen LogP contribution is -2.57. The molecule has 0 spiro atoms. The Morgan fingerprint density at radius 2 is 1.98 bits per heavy atom. The number of nitrogens with zero attached hydrogens (tertiary/aromatic N) is 7. The molecule has 3 heterocycles. The third-order valence-electron chi connectivity index (χ3n) is 8.79. The quantitative estimate of drug-likeness (QED) is 0.244. The molecule has 9 nitrogen and oxygen atoms in total. The normalized spacial score (nSPS) is 19.1. The molecule has 1 aromatic heterocycles. The molecule has 2 fully saturated rings. The van der Waals surface area contributed by atoms with Crippen molar-refractivity contribution < 1.29 is 13.9 Å². The lowest BCUT2D eigenvalue weighted by Gasteiger charge is -2.41. The van der Waals surface area contributed by atoms with Gasteiger partial charge in [0.25, 0.3) is 5.91 Å². The largest absolute Gasteiger partial charge is 0.459 e. The van der Waals surface area contributed by atoms with E-state index in [2.05, 4.69) is 51.4 Å². The van der Waals surface area contributed by atoms with E-state index in [-0.39, 0.29) is 19.2 Å². The number of rotatable bonds is 9. The van der Waals surface area contributed by atoms with Crippen molar-refractivity contribution in [2.75, 3.05) is 56.1 Å². The Hall–Kier alpha value is -3.94. The first-order chi connectivity index (χ1) is 21.2. The number of carbonyl (C=O) groups is 1. The van der Waals surface area contributed by atoms with E-state index >= 15 is 0 Å². The van der Waals surface area contributed by atoms with Crippen LogP contribution < -0.4 is 14.5 Å². The van der Waals surface area contributed by atoms with Crippen LogP contribution in [0.5, 0.6) is 6.01 Å². The van der Waals surface area contributed by atoms with Crippen LogP contribution >= 0.6 is 11.6 Å². The maximum Gasteiger partial charge on any atom is 0.318 e. The van der Waals surface area contributed by atoms with Gasteiger partial charge in [-0.05, 0) is 50.8 Å². The average Bonchev–Trinajstić information content (AvgIpc) is 3.86. The summed E-state index contributed by atoms with van der Waals surface area (Å²) in [6.07, 6.45) is 3.00. The van der Waals surface area contributed by atoms with Crippen LogP contribution in [-0.2, 0) is 17.8 Å². The maximum atomic E-state index is 13.8. The second-order valence-corrected chi connectivity index (χ2v) is 12.4. The highest BCUT2D eigenvalue weighted by Crippen LogP contribution is 2.37. The summed E-state index contributed by atoms with van der Waals surface area (Å²) in [5.41, 5.74) is 2.95. The van der Waals surface area contributed by atoms with Crippen molar-refractivity contribution in [3.05, 3.63) is 76.5 Å². The summed E-state index contributed by atoms with van der Waals surface area (Å²) in [5.74, 6) is -1.02. The number of piperazine rings is 1. The van der Waals surface area contributed by atoms with Crippen LogP contribution in [-0.4, -0.2) is 90.2 Å². The summed E-state index contributed by atoms with van der Waals surface area (Å²) < 4.78 is 20.2. The number of carbonyl (C=O) groups excluding carboxylic acids is 1. The highest BCUT2D eigenvalue weighted by Gasteiger charge is 2.36. The summed E-state index contributed by atoms with van der Waals surface area (Å²) in [5, 5.41) is 2.80. The molecule has 3 aromatic rings. The molecule has 3 aliphatic rings. The molecule has 1 saturated heterocycles. The van der Waals surface area contributed by atoms with Crippen molar-refractivity contribution in [1.82, 2.24) is 19.8 Å². The van der Waals surface area contributed by atoms with E-state index < -0.39 is 17.8 Å². The van der Waals surface area contributed by atoms with Gasteiger partial charge >= 0.3 is 6.01 Å². The van der Waals surface area contributed by atoms with Gasteiger partial charge in [-0.2, -0.15) is 9.97 Å². The third-order valence-corrected chi connectivity index (χ3v) is 9.11. The smallest absolute Gasteiger partial charge is 0.318 e. The van der Waals surface area contributed by atoms with Crippen molar-refractivity contribution >= 4 is 39.8 Å². The molecule has 230 valence electrons. The molecular weight excluding hydrogens is 581 g/mol. The fraction of sp³-hybridized carbons (Fsp3) is 0.455. The van der Waals surface area contributed by atoms with Crippen LogP contribution in [0.15, 0.2) is 48.8 Å². The fourth-order valence-electron chi connectivity index (χ4n) is 6.47. The number of fused-ring (bicyclic) bond motifs is 2. The number of anilines is 2. The number of halogens is 2. The lowest BCUT2D eigenvalue weighted by molar-refractivity contribution is -0.131. The zero-order chi connectivity index (χ0) is 31.0. The van der Waals surface area contributed by atoms with E-state index in [0.717, 1.165) is 46.6 Å². The number of amides is 1. The first-order valence-corrected chi connectivity index (χ1v) is 15.5. The van der Waals surface area contributed by atoms with Crippen molar-refractivity contribution in [2.24, 2.45) is 0 Å². The molecular formula is C33H37ClFN7O2. The molecule has 0 radical (unpaired) electrons. The third kappa shape index (κ3) is 6.17. The highest BCUT2D eigenvalue weighted by molar-refractivity contribution is 6.36. The van der Waals surface area contributed by atoms with Crippen LogP contribution in [0.4, 0.5) is 15.9 Å². The zero-order valence-electron chi connectivity index (χ0n) is 25.2. The van der Waals surface area contributed by atoms with Crippen LogP contribution in [0.1, 0.15) is 31.0 Å². The number of aromatic nitrogens is 2. The first-order valence-electron chi connectivity index (χ1n) is 15.2. The summed E-state index contributed by atoms with van der Waals surface area (Å²) in [6, 6.07) is 12.6. The molecule has 2 atom stereocenters. The summed E-state index contributed by atoms with van der Waals surface area (Å²) >= 11 is 6.69. The summed E-state index contributed by atoms with van der Waals surface area (Å²) in [4.78, 5) is 34.1. The highest BCUT2D eigenvalue weighted by atomic mass is 35.5. The minimum Gasteiger partial charge on any atom is -0.459 e. The minimum absolute atomic E-state index is 0.0618. The van der Waals surface area contributed by atoms with Gasteiger partial charge in [0.2, 0.25) is 6.54 Å². The van der Waals surface area contributed by atoms with Gasteiger partial charge in [0.05, 0.1) is 17.3 Å². The first kappa shape index (κ1) is 30.1. The van der Waals surface area contributed by atoms with Gasteiger partial charge in [0, 0.05) is 55.4 Å². The van der Waals surface area contributed by atoms with Crippen LogP contribution in [0, 0.1) is 6.57 Å². The fourth-order valence-corrected chi connectivity index (χ4v) is 6.75. The summed E-state index contributed by atoms with van der Waals surface area (Å²) in [7, 11) is 2.12. The lowest BCUT2D eigenvalue weighted by atomic mass is 10.0. The topological polar surface area (TPSA) is 69.4 Å². The van der Waals surface area contributed by atoms with E-state index in [1.54, 1.807) is 0 Å². The van der Waals surface area contributed by atoms with Gasteiger partial charge in [0.15, 0.2) is 5.83 Å². The van der Waals surface area contributed by atoms with E-state index in [0.29, 0.717) is 43.1 Å². The van der Waals surface area contributed by atoms with Crippen molar-refractivity contribution in [2.45, 2.75) is 50.9 Å². The Labute approximate surface area is 262 Å². The molecule has 2 aliphatic heterocycles. The second kappa shape index (κ2) is 12.6. The molecule has 0 unspecified atom stereocenters. The predicted octanol–water partition coefficient (Wildman–Crippen LogP) is 5.13. The Morgan fingerprint density at radius 1 is 1.20 bits per heavy atom. The van der Waals surface area contributed by atoms with E-state index in [1.165, 1.54) is 17.7 Å². The van der Waals surface area contributed by atoms with Crippen LogP contribution in [0.3, 0.4) is 0 Å². The molecule has 0 bridgehead atoms. The van der Waals surface area contributed by atoms with Crippen molar-refractivity contribution in [3.8, 4) is 6.01 Å². The van der Waals surface area contributed by atoms with Gasteiger partial charge in [-0.1, -0.05) is 42.4 Å². The molecule has 6 rings (SSSR count). The predicted molar refractivity (Wildman–Crippen MR) is 171 cm³/mol. The molecule has 1 aliphatic carbocycles. The monoisotopic (exact) mass is 617 g/mol. The Morgan fingerprint density at radius 3 is 2.70 bits per heavy atom. The van der Waals surface area contributed by atoms with Gasteiger partial charge in [-0.25, -0.2) is 11.0 Å². The SMILES string of the molecule is [C-]#[N+]C[C@H]1CN(c2nc(O[C@H](C)CN(C)C3CC3)nc3c2CCN(c2cccc4cccc(Cl)c24)C3)CCN1C(=O)C(=C)F. The number of hydrogen-bond donors (Lipinski definition) is 0. The van der Waals surface area contributed by atoms with Gasteiger partial charge in [-0.3, -0.25) is 9.69 Å². The van der Waals surface area contributed by atoms with Crippen molar-refractivity contribution in [3.63, 3.8) is 0 Å². The van der Waals surface area contributed by atoms with Crippen LogP contribution in [0.2, 0.25) is 5.02 Å². The molecule has 11 heteroatoms. The van der Waals surface area contributed by atoms with E-state index in [1.807, 2.05) is 25.1 Å². The molecule has 1 saturated carbocycles. The zero-order valence-corrected chi connectivity index (χ0v) is 25.9. The molecule has 0 N–H and O–H groups in total. The average molecular weight is 618 g/mol.